The number of nitrogens with two attached hydrogens (primary N) is 2. The zero-order valence-corrected chi connectivity index (χ0v) is 11.1. The van der Waals surface area contributed by atoms with Crippen molar-refractivity contribution in [2.24, 2.45) is 16.9 Å². The number of unbranched alkanes of at least 4 members (excludes halogenated alkanes) is 1. The maximum Gasteiger partial charge on any atom is 0.217 e. The van der Waals surface area contributed by atoms with Crippen molar-refractivity contribution in [1.82, 2.24) is 0 Å². The fourth-order valence-corrected chi connectivity index (χ4v) is 2.34. The average molecular weight is 242 g/mol. The zero-order valence-electron chi connectivity index (χ0n) is 11.1. The van der Waals surface area contributed by atoms with Crippen LogP contribution in [0.15, 0.2) is 0 Å². The lowest BCUT2D eigenvalue weighted by molar-refractivity contribution is -0.120. The summed E-state index contributed by atoms with van der Waals surface area (Å²) in [6, 6.07) is 0. The van der Waals surface area contributed by atoms with Gasteiger partial charge in [0.1, 0.15) is 0 Å². The van der Waals surface area contributed by atoms with Crippen molar-refractivity contribution in [3.05, 3.63) is 0 Å². The number of rotatable bonds is 10. The van der Waals surface area contributed by atoms with Crippen LogP contribution in [0, 0.1) is 5.41 Å². The van der Waals surface area contributed by atoms with Gasteiger partial charge in [-0.15, -0.1) is 0 Å². The van der Waals surface area contributed by atoms with Gasteiger partial charge in [0.15, 0.2) is 0 Å². The Morgan fingerprint density at radius 1 is 1.00 bits per heavy atom. The molecule has 0 aromatic carbocycles. The van der Waals surface area contributed by atoms with Crippen LogP contribution in [0.3, 0.4) is 0 Å². The molecular weight excluding hydrogens is 216 g/mol. The van der Waals surface area contributed by atoms with Crippen LogP contribution in [0.25, 0.3) is 0 Å². The molecule has 0 saturated carbocycles. The third kappa shape index (κ3) is 6.97. The zero-order chi connectivity index (χ0) is 13.3. The third-order valence-corrected chi connectivity index (χ3v) is 3.49. The molecule has 1 unspecified atom stereocenters. The molecule has 0 saturated heterocycles. The van der Waals surface area contributed by atoms with E-state index in [-0.39, 0.29) is 17.2 Å². The molecule has 17 heavy (non-hydrogen) atoms. The molecule has 2 amide bonds. The van der Waals surface area contributed by atoms with Crippen molar-refractivity contribution in [2.45, 2.75) is 65.2 Å². The summed E-state index contributed by atoms with van der Waals surface area (Å²) in [4.78, 5) is 21.9. The number of amides is 2. The van der Waals surface area contributed by atoms with Crippen LogP contribution >= 0.6 is 0 Å². The number of primary amides is 2. The molecule has 0 aliphatic carbocycles. The molecule has 100 valence electrons. The maximum atomic E-state index is 11.2. The first-order valence-corrected chi connectivity index (χ1v) is 6.52. The van der Waals surface area contributed by atoms with Gasteiger partial charge >= 0.3 is 0 Å². The van der Waals surface area contributed by atoms with Crippen molar-refractivity contribution in [3.63, 3.8) is 0 Å². The van der Waals surface area contributed by atoms with Crippen molar-refractivity contribution < 1.29 is 9.59 Å². The number of hydrogen-bond acceptors (Lipinski definition) is 2. The van der Waals surface area contributed by atoms with E-state index in [4.69, 9.17) is 11.5 Å². The lowest BCUT2D eigenvalue weighted by Crippen LogP contribution is -2.28. The fraction of sp³-hybridized carbons (Fsp3) is 0.846. The third-order valence-electron chi connectivity index (χ3n) is 3.49. The molecule has 0 bridgehead atoms. The molecule has 0 spiro atoms. The van der Waals surface area contributed by atoms with Crippen LogP contribution < -0.4 is 11.5 Å². The van der Waals surface area contributed by atoms with Crippen LogP contribution in [0.2, 0.25) is 0 Å². The van der Waals surface area contributed by atoms with Crippen LogP contribution in [0.1, 0.15) is 65.2 Å². The Labute approximate surface area is 104 Å². The summed E-state index contributed by atoms with van der Waals surface area (Å²) in [5.41, 5.74) is 10.4. The first kappa shape index (κ1) is 15.9. The van der Waals surface area contributed by atoms with Crippen molar-refractivity contribution in [1.29, 1.82) is 0 Å². The summed E-state index contributed by atoms with van der Waals surface area (Å²) in [5.74, 6) is -0.522. The van der Waals surface area contributed by atoms with Crippen LogP contribution in [0.5, 0.6) is 0 Å². The molecular formula is C13H26N2O2. The van der Waals surface area contributed by atoms with Gasteiger partial charge in [-0.2, -0.15) is 0 Å². The lowest BCUT2D eigenvalue weighted by Gasteiger charge is -2.32. The Balaban J connectivity index is 4.42. The molecule has 0 rings (SSSR count). The maximum absolute atomic E-state index is 11.2. The highest BCUT2D eigenvalue weighted by atomic mass is 16.1. The monoisotopic (exact) mass is 242 g/mol. The molecule has 4 N–H and O–H groups in total. The van der Waals surface area contributed by atoms with Gasteiger partial charge in [-0.05, 0) is 31.1 Å². The molecule has 4 nitrogen and oxygen atoms in total. The van der Waals surface area contributed by atoms with Crippen molar-refractivity contribution >= 4 is 11.8 Å². The Morgan fingerprint density at radius 2 is 1.59 bits per heavy atom. The van der Waals surface area contributed by atoms with Crippen molar-refractivity contribution in [3.8, 4) is 0 Å². The predicted octanol–water partition coefficient (Wildman–Crippen LogP) is 2.10. The van der Waals surface area contributed by atoms with Crippen molar-refractivity contribution in [2.75, 3.05) is 0 Å². The largest absolute Gasteiger partial charge is 0.370 e. The van der Waals surface area contributed by atoms with E-state index in [1.165, 1.54) is 0 Å². The average Bonchev–Trinajstić information content (AvgIpc) is 2.24. The van der Waals surface area contributed by atoms with Gasteiger partial charge in [0.2, 0.25) is 11.8 Å². The summed E-state index contributed by atoms with van der Waals surface area (Å²) in [6.07, 6.45) is 6.55. The van der Waals surface area contributed by atoms with E-state index in [9.17, 15) is 9.59 Å². The topological polar surface area (TPSA) is 86.2 Å². The second kappa shape index (κ2) is 8.09. The molecule has 1 atom stereocenters. The summed E-state index contributed by atoms with van der Waals surface area (Å²) in [5, 5.41) is 0. The highest BCUT2D eigenvalue weighted by Gasteiger charge is 2.29. The molecule has 0 aromatic rings. The number of carbonyl (C=O) groups excluding carboxylic acids is 2. The van der Waals surface area contributed by atoms with E-state index >= 15 is 0 Å². The number of hydrogen-bond donors (Lipinski definition) is 2. The first-order valence-electron chi connectivity index (χ1n) is 6.52. The minimum atomic E-state index is -0.274. The van der Waals surface area contributed by atoms with Crippen LogP contribution in [-0.4, -0.2) is 11.8 Å². The SMILES string of the molecule is CCCCC(CC)(CCCC(N)=O)CC(N)=O. The van der Waals surface area contributed by atoms with E-state index < -0.39 is 0 Å². The molecule has 0 aliphatic rings. The van der Waals surface area contributed by atoms with Gasteiger partial charge in [-0.3, -0.25) is 9.59 Å². The second-order valence-corrected chi connectivity index (χ2v) is 4.92. The molecule has 0 aromatic heterocycles. The first-order chi connectivity index (χ1) is 7.95. The molecule has 0 radical (unpaired) electrons. The number of carbonyl (C=O) groups is 2. The second-order valence-electron chi connectivity index (χ2n) is 4.92. The minimum absolute atomic E-state index is 0.0305. The highest BCUT2D eigenvalue weighted by molar-refractivity contribution is 5.75. The van der Waals surface area contributed by atoms with E-state index in [0.29, 0.717) is 12.8 Å². The molecule has 0 fully saturated rings. The van der Waals surface area contributed by atoms with E-state index in [1.54, 1.807) is 0 Å². The summed E-state index contributed by atoms with van der Waals surface area (Å²) < 4.78 is 0. The Kier molecular flexibility index (Phi) is 7.59. The van der Waals surface area contributed by atoms with E-state index in [2.05, 4.69) is 13.8 Å². The summed E-state index contributed by atoms with van der Waals surface area (Å²) in [7, 11) is 0. The van der Waals surface area contributed by atoms with Crippen LogP contribution in [0.4, 0.5) is 0 Å². The Hall–Kier alpha value is -1.06. The molecule has 0 aliphatic heterocycles. The molecule has 0 heterocycles. The van der Waals surface area contributed by atoms with E-state index in [0.717, 1.165) is 38.5 Å². The van der Waals surface area contributed by atoms with Gasteiger partial charge < -0.3 is 11.5 Å². The van der Waals surface area contributed by atoms with Gasteiger partial charge in [0, 0.05) is 12.8 Å². The standard InChI is InChI=1S/C13H26N2O2/c1-3-5-8-13(4-2,10-12(15)17)9-6-7-11(14)16/h3-10H2,1-2H3,(H2,14,16)(H2,15,17). The van der Waals surface area contributed by atoms with Gasteiger partial charge in [0.25, 0.3) is 0 Å². The van der Waals surface area contributed by atoms with Gasteiger partial charge in [-0.25, -0.2) is 0 Å². The normalized spacial score (nSPS) is 14.2. The predicted molar refractivity (Wildman–Crippen MR) is 69.1 cm³/mol. The van der Waals surface area contributed by atoms with Gasteiger partial charge in [-0.1, -0.05) is 26.7 Å². The lowest BCUT2D eigenvalue weighted by atomic mass is 9.73. The highest BCUT2D eigenvalue weighted by Crippen LogP contribution is 2.37. The van der Waals surface area contributed by atoms with E-state index in [1.807, 2.05) is 0 Å². The van der Waals surface area contributed by atoms with Crippen LogP contribution in [-0.2, 0) is 9.59 Å². The smallest absolute Gasteiger partial charge is 0.217 e. The minimum Gasteiger partial charge on any atom is -0.370 e. The fourth-order valence-electron chi connectivity index (χ4n) is 2.34. The Morgan fingerprint density at radius 3 is 2.00 bits per heavy atom. The quantitative estimate of drug-likeness (QED) is 0.614. The molecule has 4 heteroatoms. The Bertz CT molecular complexity index is 254. The summed E-state index contributed by atoms with van der Waals surface area (Å²) >= 11 is 0. The summed E-state index contributed by atoms with van der Waals surface area (Å²) in [6.45, 7) is 4.22. The van der Waals surface area contributed by atoms with Gasteiger partial charge in [0.05, 0.1) is 0 Å².